The first-order chi connectivity index (χ1) is 53.8. The number of aromatic nitrogens is 6. The second kappa shape index (κ2) is 27.7. The third-order valence-electron chi connectivity index (χ3n) is 20.9. The normalized spacial score (nSPS) is 13.2. The number of fused-ring (bicyclic) bond motifs is 12. The van der Waals surface area contributed by atoms with Crippen LogP contribution in [0.5, 0.6) is 0 Å². The van der Waals surface area contributed by atoms with E-state index in [4.69, 9.17) is 53.5 Å². The molecule has 1 fully saturated rings. The van der Waals surface area contributed by atoms with Crippen LogP contribution in [0.1, 0.15) is 27.7 Å². The molecule has 110 heavy (non-hydrogen) atoms. The number of rotatable bonds is 10. The van der Waals surface area contributed by atoms with Gasteiger partial charge in [0.25, 0.3) is 0 Å². The van der Waals surface area contributed by atoms with Crippen molar-refractivity contribution in [2.24, 2.45) is 0 Å². The lowest BCUT2D eigenvalue weighted by atomic mass is 9.78. The molecule has 1 aliphatic rings. The molecule has 0 aliphatic carbocycles. The molecule has 0 saturated carbocycles. The third kappa shape index (κ3) is 12.7. The molecule has 20 aromatic rings. The van der Waals surface area contributed by atoms with Crippen LogP contribution < -0.4 is 5.46 Å². The number of benzene rings is 14. The predicted molar refractivity (Wildman–Crippen MR) is 445 cm³/mol. The Bertz CT molecular complexity index is 6860. The maximum absolute atomic E-state index is 6.61. The lowest BCUT2D eigenvalue weighted by molar-refractivity contribution is 0.00578. The van der Waals surface area contributed by atoms with Gasteiger partial charge in [0.05, 0.1) is 11.2 Å². The number of hydrogen-bond donors (Lipinski definition) is 0. The van der Waals surface area contributed by atoms with Crippen LogP contribution in [0.3, 0.4) is 0 Å². The maximum atomic E-state index is 6.61. The SMILES string of the molecule is CC1(C)OB(c2ccc3oc4c(-c5ccccc5)cc(-c5ccccc5)cc4c3c2)OC1(C)C.Clc1nc(-c2ccccc2)nc(-c2ccc3c(c2)oc2ccccc23)n1.c1ccc(-c2cc(-c3ccccc3)c3oc4ccc(-c5nc(-c6ccccc6)nc(-c6ccc7c(c6)oc6ccccc67)n5)cc4c3c2)cc1. The van der Waals surface area contributed by atoms with E-state index < -0.39 is 7.12 Å². The fourth-order valence-corrected chi connectivity index (χ4v) is 14.7. The Balaban J connectivity index is 0.000000119. The summed E-state index contributed by atoms with van der Waals surface area (Å²) in [5, 5.41) is 8.66. The van der Waals surface area contributed by atoms with Crippen molar-refractivity contribution in [1.29, 1.82) is 0 Å². The molecule has 0 unspecified atom stereocenters. The summed E-state index contributed by atoms with van der Waals surface area (Å²) in [7, 11) is -0.412. The monoisotopic (exact) mass is 1440 g/mol. The van der Waals surface area contributed by atoms with Crippen molar-refractivity contribution >= 4 is 112 Å². The van der Waals surface area contributed by atoms with Gasteiger partial charge < -0.3 is 27.0 Å². The molecule has 12 nitrogen and oxygen atoms in total. The minimum Gasteiger partial charge on any atom is -0.456 e. The van der Waals surface area contributed by atoms with Crippen molar-refractivity contribution < 1.29 is 27.0 Å². The summed E-state index contributed by atoms with van der Waals surface area (Å²) < 4.78 is 37.9. The molecule has 21 rings (SSSR count). The van der Waals surface area contributed by atoms with Gasteiger partial charge in [-0.2, -0.15) is 9.97 Å². The van der Waals surface area contributed by atoms with Gasteiger partial charge in [0.1, 0.15) is 44.7 Å². The lowest BCUT2D eigenvalue weighted by Crippen LogP contribution is -2.41. The zero-order valence-corrected chi connectivity index (χ0v) is 61.0. The highest BCUT2D eigenvalue weighted by molar-refractivity contribution is 6.62. The third-order valence-corrected chi connectivity index (χ3v) is 21.1. The summed E-state index contributed by atoms with van der Waals surface area (Å²) in [6, 6.07) is 111. The molecule has 6 aromatic heterocycles. The van der Waals surface area contributed by atoms with Gasteiger partial charge in [-0.25, -0.2) is 19.9 Å². The van der Waals surface area contributed by atoms with Crippen LogP contribution >= 0.6 is 11.6 Å². The van der Waals surface area contributed by atoms with E-state index >= 15 is 0 Å². The zero-order chi connectivity index (χ0) is 74.0. The van der Waals surface area contributed by atoms with E-state index in [9.17, 15) is 0 Å². The van der Waals surface area contributed by atoms with Crippen LogP contribution in [0.2, 0.25) is 5.28 Å². The second-order valence-corrected chi connectivity index (χ2v) is 28.8. The number of halogens is 1. The van der Waals surface area contributed by atoms with E-state index in [0.717, 1.165) is 160 Å². The van der Waals surface area contributed by atoms with Crippen molar-refractivity contribution in [3.05, 3.63) is 333 Å². The van der Waals surface area contributed by atoms with E-state index in [1.54, 1.807) is 0 Å². The van der Waals surface area contributed by atoms with Gasteiger partial charge in [-0.15, -0.1) is 0 Å². The first-order valence-electron chi connectivity index (χ1n) is 36.6. The Kier molecular flexibility index (Phi) is 16.9. The van der Waals surface area contributed by atoms with Gasteiger partial charge in [-0.1, -0.05) is 243 Å². The standard InChI is InChI=1S/C45H27N3O2.C30H27BO3.C21H12ClN3O/c1-4-12-28(13-5-1)33-25-36(29-14-6-2-7-15-29)42-38(26-33)37-24-31(21-23-40(37)50-42)44-46-43(30-16-8-3-9-17-30)47-45(48-44)32-20-22-35-34-18-10-11-19-39(34)49-41(35)27-32;1-29(2)30(3,4)34-31(33-29)23-15-16-27-25(19-23)26-18-22(20-11-7-5-8-12-20)17-24(28(26)32-27)21-13-9-6-10-14-21;22-21-24-19(13-6-2-1-3-7-13)23-20(25-21)14-10-11-16-15-8-4-5-9-17(15)26-18(16)12-14/h1-27H;5-19H,1-4H3;1-12H. The van der Waals surface area contributed by atoms with Gasteiger partial charge in [0.15, 0.2) is 29.1 Å². The van der Waals surface area contributed by atoms with E-state index in [1.165, 1.54) is 5.56 Å². The summed E-state index contributed by atoms with van der Waals surface area (Å²) >= 11 is 6.15. The summed E-state index contributed by atoms with van der Waals surface area (Å²) in [5.74, 6) is 2.82. The summed E-state index contributed by atoms with van der Waals surface area (Å²) in [6.07, 6.45) is 0. The summed E-state index contributed by atoms with van der Waals surface area (Å²) in [4.78, 5) is 28.2. The maximum Gasteiger partial charge on any atom is 0.494 e. The Morgan fingerprint density at radius 1 is 0.236 bits per heavy atom. The summed E-state index contributed by atoms with van der Waals surface area (Å²) in [5.41, 5.74) is 20.3. The van der Waals surface area contributed by atoms with Crippen LogP contribution in [0.4, 0.5) is 0 Å². The van der Waals surface area contributed by atoms with Crippen molar-refractivity contribution in [3.8, 4) is 101 Å². The molecule has 0 atom stereocenters. The molecule has 1 aliphatic heterocycles. The van der Waals surface area contributed by atoms with E-state index in [-0.39, 0.29) is 16.5 Å². The Labute approximate surface area is 638 Å². The fourth-order valence-electron chi connectivity index (χ4n) is 14.6. The first-order valence-corrected chi connectivity index (χ1v) is 36.9. The number of furan rings is 4. The highest BCUT2D eigenvalue weighted by Gasteiger charge is 2.52. The van der Waals surface area contributed by atoms with Crippen molar-refractivity contribution in [2.45, 2.75) is 38.9 Å². The largest absolute Gasteiger partial charge is 0.494 e. The molecule has 14 aromatic carbocycles. The average Bonchev–Trinajstić information content (AvgIpc) is 1.59. The molecule has 526 valence electrons. The molecule has 7 heterocycles. The minimum atomic E-state index is -0.412. The molecular weight excluding hydrogens is 1380 g/mol. The molecule has 0 spiro atoms. The van der Waals surface area contributed by atoms with Gasteiger partial charge in [0, 0.05) is 82.0 Å². The minimum absolute atomic E-state index is 0.165. The molecule has 1 saturated heterocycles. The predicted octanol–water partition coefficient (Wildman–Crippen LogP) is 25.0. The Morgan fingerprint density at radius 3 is 1.00 bits per heavy atom. The average molecular weight is 1450 g/mol. The quantitative estimate of drug-likeness (QED) is 0.120. The van der Waals surface area contributed by atoms with Crippen LogP contribution in [0.25, 0.3) is 189 Å². The molecular formula is C96H66BClN6O6. The topological polar surface area (TPSA) is 148 Å². The molecule has 14 heteroatoms. The molecule has 0 bridgehead atoms. The zero-order valence-electron chi connectivity index (χ0n) is 60.3. The number of hydrogen-bond acceptors (Lipinski definition) is 12. The van der Waals surface area contributed by atoms with E-state index in [0.29, 0.717) is 29.1 Å². The lowest BCUT2D eigenvalue weighted by Gasteiger charge is -2.32. The van der Waals surface area contributed by atoms with Crippen LogP contribution in [-0.4, -0.2) is 48.2 Å². The van der Waals surface area contributed by atoms with Crippen molar-refractivity contribution in [2.75, 3.05) is 0 Å². The highest BCUT2D eigenvalue weighted by atomic mass is 35.5. The fraction of sp³-hybridized carbons (Fsp3) is 0.0625. The van der Waals surface area contributed by atoms with E-state index in [1.807, 2.05) is 176 Å². The smallest absolute Gasteiger partial charge is 0.456 e. The number of nitrogens with zero attached hydrogens (tertiary/aromatic N) is 6. The highest BCUT2D eigenvalue weighted by Crippen LogP contribution is 2.44. The molecule has 0 N–H and O–H groups in total. The van der Waals surface area contributed by atoms with Gasteiger partial charge in [-0.05, 0) is 163 Å². The first kappa shape index (κ1) is 67.2. The van der Waals surface area contributed by atoms with E-state index in [2.05, 4.69) is 194 Å². The Hall–Kier alpha value is -13.4. The van der Waals surface area contributed by atoms with Gasteiger partial charge >= 0.3 is 7.12 Å². The molecule has 0 amide bonds. The molecule has 0 radical (unpaired) electrons. The van der Waals surface area contributed by atoms with Crippen LogP contribution in [-0.2, 0) is 9.31 Å². The van der Waals surface area contributed by atoms with Crippen molar-refractivity contribution in [1.82, 2.24) is 29.9 Å². The summed E-state index contributed by atoms with van der Waals surface area (Å²) in [6.45, 7) is 8.32. The van der Waals surface area contributed by atoms with Crippen LogP contribution in [0.15, 0.2) is 345 Å². The van der Waals surface area contributed by atoms with Crippen molar-refractivity contribution in [3.63, 3.8) is 0 Å². The number of para-hydroxylation sites is 2. The van der Waals surface area contributed by atoms with Crippen LogP contribution in [0, 0.1) is 0 Å². The Morgan fingerprint density at radius 2 is 0.555 bits per heavy atom. The second-order valence-electron chi connectivity index (χ2n) is 28.4. The van der Waals surface area contributed by atoms with Gasteiger partial charge in [-0.3, -0.25) is 0 Å². The van der Waals surface area contributed by atoms with Gasteiger partial charge in [0.2, 0.25) is 5.28 Å².